The average Bonchev–Trinajstić information content (AvgIpc) is 3.07. The van der Waals surface area contributed by atoms with Crippen molar-refractivity contribution in [3.63, 3.8) is 0 Å². The largest absolute Gasteiger partial charge is 0.444 e. The molecule has 3 rings (SSSR count). The van der Waals surface area contributed by atoms with E-state index in [1.165, 1.54) is 17.7 Å². The van der Waals surface area contributed by atoms with E-state index in [9.17, 15) is 9.59 Å². The number of ether oxygens (including phenoxy) is 1. The number of hydrogen-bond donors (Lipinski definition) is 1. The van der Waals surface area contributed by atoms with Crippen molar-refractivity contribution in [3.8, 4) is 0 Å². The Hall–Kier alpha value is -2.12. The van der Waals surface area contributed by atoms with Gasteiger partial charge in [0.05, 0.1) is 0 Å². The smallest absolute Gasteiger partial charge is 0.410 e. The highest BCUT2D eigenvalue weighted by Crippen LogP contribution is 2.35. The number of amides is 2. The Labute approximate surface area is 147 Å². The number of carbonyl (C=O) groups excluding carboxylic acids is 2. The van der Waals surface area contributed by atoms with E-state index < -0.39 is 17.7 Å². The minimum absolute atomic E-state index is 0.124. The quantitative estimate of drug-likeness (QED) is 0.873. The summed E-state index contributed by atoms with van der Waals surface area (Å²) in [6.07, 6.45) is 5.81. The lowest BCUT2D eigenvalue weighted by Gasteiger charge is -2.28. The van der Waals surface area contributed by atoms with Crippen molar-refractivity contribution >= 4 is 12.0 Å². The van der Waals surface area contributed by atoms with Gasteiger partial charge in [-0.15, -0.1) is 10.2 Å². The predicted molar refractivity (Wildman–Crippen MR) is 91.0 cm³/mol. The van der Waals surface area contributed by atoms with Crippen LogP contribution in [0.1, 0.15) is 58.3 Å². The topological polar surface area (TPSA) is 89.3 Å². The Balaban J connectivity index is 1.50. The minimum atomic E-state index is -0.562. The number of hydrogen-bond acceptors (Lipinski definition) is 5. The van der Waals surface area contributed by atoms with Gasteiger partial charge in [-0.2, -0.15) is 0 Å². The van der Waals surface area contributed by atoms with Crippen LogP contribution >= 0.6 is 0 Å². The molecule has 1 saturated heterocycles. The van der Waals surface area contributed by atoms with Crippen LogP contribution in [0.2, 0.25) is 0 Å². The molecule has 25 heavy (non-hydrogen) atoms. The van der Waals surface area contributed by atoms with Crippen molar-refractivity contribution in [1.82, 2.24) is 25.0 Å². The molecule has 1 saturated carbocycles. The zero-order valence-electron chi connectivity index (χ0n) is 15.2. The highest BCUT2D eigenvalue weighted by atomic mass is 16.6. The molecule has 0 bridgehead atoms. The van der Waals surface area contributed by atoms with Gasteiger partial charge in [-0.25, -0.2) is 4.79 Å². The fourth-order valence-corrected chi connectivity index (χ4v) is 3.10. The molecule has 8 nitrogen and oxygen atoms in total. The Kier molecular flexibility index (Phi) is 4.96. The lowest BCUT2D eigenvalue weighted by Crippen LogP contribution is -2.47. The second kappa shape index (κ2) is 7.01. The van der Waals surface area contributed by atoms with Crippen molar-refractivity contribution < 1.29 is 14.3 Å². The zero-order chi connectivity index (χ0) is 18.0. The maximum Gasteiger partial charge on any atom is 0.410 e. The Morgan fingerprint density at radius 3 is 2.76 bits per heavy atom. The van der Waals surface area contributed by atoms with Crippen LogP contribution in [0.25, 0.3) is 0 Å². The van der Waals surface area contributed by atoms with Crippen LogP contribution in [0, 0.1) is 0 Å². The van der Waals surface area contributed by atoms with E-state index in [0.717, 1.165) is 12.2 Å². The van der Waals surface area contributed by atoms with Crippen LogP contribution in [0.4, 0.5) is 4.79 Å². The second-order valence-electron chi connectivity index (χ2n) is 7.76. The van der Waals surface area contributed by atoms with Crippen LogP contribution in [-0.4, -0.2) is 56.4 Å². The summed E-state index contributed by atoms with van der Waals surface area (Å²) in [4.78, 5) is 26.3. The fraction of sp³-hybridized carbons (Fsp3) is 0.765. The Bertz CT molecular complexity index is 632. The minimum Gasteiger partial charge on any atom is -0.444 e. The molecule has 1 aliphatic carbocycles. The SMILES string of the molecule is CC(C)(C)OC(=O)N1CCCC1C(=O)NCCc1nncn1C1CC1. The van der Waals surface area contributed by atoms with Crippen LogP contribution in [0.3, 0.4) is 0 Å². The van der Waals surface area contributed by atoms with E-state index in [-0.39, 0.29) is 5.91 Å². The van der Waals surface area contributed by atoms with Crippen LogP contribution in [0.15, 0.2) is 6.33 Å². The van der Waals surface area contributed by atoms with Crippen molar-refractivity contribution in [2.75, 3.05) is 13.1 Å². The summed E-state index contributed by atoms with van der Waals surface area (Å²) in [6, 6.07) is 0.0781. The number of rotatable bonds is 5. The molecule has 2 heterocycles. The molecule has 0 spiro atoms. The Morgan fingerprint density at radius 2 is 2.08 bits per heavy atom. The first-order valence-corrected chi connectivity index (χ1v) is 9.01. The van der Waals surface area contributed by atoms with E-state index in [1.54, 1.807) is 6.33 Å². The fourth-order valence-electron chi connectivity index (χ4n) is 3.10. The normalized spacial score (nSPS) is 20.6. The number of likely N-dealkylation sites (tertiary alicyclic amines) is 1. The summed E-state index contributed by atoms with van der Waals surface area (Å²) in [7, 11) is 0. The summed E-state index contributed by atoms with van der Waals surface area (Å²) in [5.74, 6) is 0.777. The zero-order valence-corrected chi connectivity index (χ0v) is 15.2. The molecule has 138 valence electrons. The van der Waals surface area contributed by atoms with Gasteiger partial charge >= 0.3 is 6.09 Å². The third-order valence-electron chi connectivity index (χ3n) is 4.42. The van der Waals surface area contributed by atoms with Gasteiger partial charge in [0.2, 0.25) is 5.91 Å². The van der Waals surface area contributed by atoms with Gasteiger partial charge in [-0.1, -0.05) is 0 Å². The molecule has 1 aromatic rings. The molecule has 1 N–H and O–H groups in total. The standard InChI is InChI=1S/C17H27N5O3/c1-17(2,3)25-16(24)21-10-4-5-13(21)15(23)18-9-8-14-20-19-11-22(14)12-6-7-12/h11-13H,4-10H2,1-3H3,(H,18,23). The van der Waals surface area contributed by atoms with Crippen molar-refractivity contribution in [2.45, 2.75) is 70.6 Å². The first-order valence-electron chi connectivity index (χ1n) is 9.01. The van der Waals surface area contributed by atoms with Crippen molar-refractivity contribution in [3.05, 3.63) is 12.2 Å². The molecule has 2 fully saturated rings. The number of carbonyl (C=O) groups is 2. The number of aromatic nitrogens is 3. The van der Waals surface area contributed by atoms with Gasteiger partial charge in [0.15, 0.2) is 0 Å². The number of nitrogens with zero attached hydrogens (tertiary/aromatic N) is 4. The Morgan fingerprint density at radius 1 is 1.32 bits per heavy atom. The molecule has 1 atom stereocenters. The average molecular weight is 349 g/mol. The van der Waals surface area contributed by atoms with Crippen LogP contribution in [-0.2, 0) is 16.0 Å². The number of nitrogens with one attached hydrogen (secondary N) is 1. The summed E-state index contributed by atoms with van der Waals surface area (Å²) >= 11 is 0. The van der Waals surface area contributed by atoms with Gasteiger partial charge in [0, 0.05) is 25.6 Å². The van der Waals surface area contributed by atoms with Crippen molar-refractivity contribution in [1.29, 1.82) is 0 Å². The van der Waals surface area contributed by atoms with E-state index in [4.69, 9.17) is 4.74 Å². The molecular weight excluding hydrogens is 322 g/mol. The van der Waals surface area contributed by atoms with E-state index in [1.807, 2.05) is 20.8 Å². The van der Waals surface area contributed by atoms with Gasteiger partial charge in [-0.05, 0) is 46.5 Å². The van der Waals surface area contributed by atoms with E-state index in [0.29, 0.717) is 32.0 Å². The van der Waals surface area contributed by atoms with Gasteiger partial charge in [-0.3, -0.25) is 9.69 Å². The molecule has 1 aliphatic heterocycles. The van der Waals surface area contributed by atoms with Crippen molar-refractivity contribution in [2.24, 2.45) is 0 Å². The molecule has 2 aliphatic rings. The van der Waals surface area contributed by atoms with Gasteiger partial charge in [0.25, 0.3) is 0 Å². The van der Waals surface area contributed by atoms with E-state index in [2.05, 4.69) is 20.1 Å². The molecule has 1 aromatic heterocycles. The molecule has 8 heteroatoms. The first-order chi connectivity index (χ1) is 11.8. The summed E-state index contributed by atoms with van der Waals surface area (Å²) in [5, 5.41) is 11.0. The predicted octanol–water partition coefficient (Wildman–Crippen LogP) is 1.67. The highest BCUT2D eigenvalue weighted by Gasteiger charge is 2.36. The third kappa shape index (κ3) is 4.49. The van der Waals surface area contributed by atoms with Gasteiger partial charge in [0.1, 0.15) is 23.8 Å². The maximum atomic E-state index is 12.5. The molecule has 1 unspecified atom stereocenters. The summed E-state index contributed by atoms with van der Waals surface area (Å²) < 4.78 is 7.49. The lowest BCUT2D eigenvalue weighted by atomic mass is 10.2. The summed E-state index contributed by atoms with van der Waals surface area (Å²) in [5.41, 5.74) is -0.562. The molecular formula is C17H27N5O3. The lowest BCUT2D eigenvalue weighted by molar-refractivity contribution is -0.125. The highest BCUT2D eigenvalue weighted by molar-refractivity contribution is 5.86. The summed E-state index contributed by atoms with van der Waals surface area (Å²) in [6.45, 7) is 6.52. The second-order valence-corrected chi connectivity index (χ2v) is 7.76. The molecule has 2 amide bonds. The van der Waals surface area contributed by atoms with Crippen LogP contribution in [0.5, 0.6) is 0 Å². The monoisotopic (exact) mass is 349 g/mol. The van der Waals surface area contributed by atoms with E-state index >= 15 is 0 Å². The first kappa shape index (κ1) is 17.7. The third-order valence-corrected chi connectivity index (χ3v) is 4.42. The molecule has 0 aromatic carbocycles. The maximum absolute atomic E-state index is 12.5. The van der Waals surface area contributed by atoms with Gasteiger partial charge < -0.3 is 14.6 Å². The van der Waals surface area contributed by atoms with Crippen LogP contribution < -0.4 is 5.32 Å². The molecule has 0 radical (unpaired) electrons.